The maximum atomic E-state index is 13.7. The molecule has 4 unspecified atom stereocenters. The number of methoxy groups -OCH3 is 1. The number of ketones is 1. The molecule has 0 N–H and O–H groups in total. The van der Waals surface area contributed by atoms with Crippen molar-refractivity contribution >= 4 is 11.8 Å². The van der Waals surface area contributed by atoms with Gasteiger partial charge in [-0.05, 0) is 91.3 Å². The summed E-state index contributed by atoms with van der Waals surface area (Å²) in [6.45, 7) is 9.61. The third kappa shape index (κ3) is 3.39. The number of rotatable bonds is 4. The second kappa shape index (κ2) is 7.68. The Morgan fingerprint density at radius 3 is 2.62 bits per heavy atom. The Labute approximate surface area is 177 Å². The molecule has 4 saturated carbocycles. The van der Waals surface area contributed by atoms with Gasteiger partial charge >= 0.3 is 5.97 Å². The van der Waals surface area contributed by atoms with Gasteiger partial charge in [0.15, 0.2) is 0 Å². The first-order chi connectivity index (χ1) is 13.7. The van der Waals surface area contributed by atoms with Crippen LogP contribution in [0.5, 0.6) is 0 Å². The molecule has 0 bridgehead atoms. The number of fused-ring (bicyclic) bond motifs is 5. The molecule has 4 fully saturated rings. The topological polar surface area (TPSA) is 43.4 Å². The van der Waals surface area contributed by atoms with E-state index in [1.165, 1.54) is 52.1 Å². The van der Waals surface area contributed by atoms with Gasteiger partial charge in [-0.1, -0.05) is 34.1 Å². The number of hydrogen-bond acceptors (Lipinski definition) is 3. The molecular weight excluding hydrogens is 360 g/mol. The summed E-state index contributed by atoms with van der Waals surface area (Å²) < 4.78 is 4.86. The lowest BCUT2D eigenvalue weighted by Gasteiger charge is -2.60. The Hall–Kier alpha value is -0.860. The standard InChI is InChI=1S/C26H42O3/c1-16-12-13-25(3)18(14-16)7-8-19-21-10-9-20(17(2)6-11-23(28)29-5)26(21,4)15-22(27)24(19)25/h16-21,24H,6-15H2,1-5H3/t16-,17+,18+,19?,20?,21?,24?,25-,26+/m0/s1. The lowest BCUT2D eigenvalue weighted by Crippen LogP contribution is -2.57. The maximum Gasteiger partial charge on any atom is 0.305 e. The van der Waals surface area contributed by atoms with Crippen LogP contribution in [0.15, 0.2) is 0 Å². The third-order valence-electron chi connectivity index (χ3n) is 10.4. The van der Waals surface area contributed by atoms with Gasteiger partial charge in [0, 0.05) is 18.8 Å². The van der Waals surface area contributed by atoms with Crippen molar-refractivity contribution in [2.24, 2.45) is 52.3 Å². The van der Waals surface area contributed by atoms with Crippen LogP contribution < -0.4 is 0 Å². The van der Waals surface area contributed by atoms with Crippen molar-refractivity contribution in [1.29, 1.82) is 0 Å². The molecule has 4 aliphatic rings. The van der Waals surface area contributed by atoms with Gasteiger partial charge in [0.25, 0.3) is 0 Å². The third-order valence-corrected chi connectivity index (χ3v) is 10.4. The first-order valence-corrected chi connectivity index (χ1v) is 12.3. The summed E-state index contributed by atoms with van der Waals surface area (Å²) in [5.41, 5.74) is 0.390. The fourth-order valence-corrected chi connectivity index (χ4v) is 8.91. The molecule has 0 spiro atoms. The first kappa shape index (κ1) is 21.4. The van der Waals surface area contributed by atoms with Crippen LogP contribution in [0.4, 0.5) is 0 Å². The van der Waals surface area contributed by atoms with E-state index in [9.17, 15) is 9.59 Å². The minimum Gasteiger partial charge on any atom is -0.469 e. The van der Waals surface area contributed by atoms with E-state index in [0.29, 0.717) is 41.8 Å². The second-order valence-electron chi connectivity index (χ2n) is 11.8. The molecule has 0 aromatic carbocycles. The van der Waals surface area contributed by atoms with E-state index < -0.39 is 0 Å². The predicted octanol–water partition coefficient (Wildman–Crippen LogP) is 6.05. The highest BCUT2D eigenvalue weighted by molar-refractivity contribution is 5.84. The highest BCUT2D eigenvalue weighted by atomic mass is 16.5. The molecule has 3 heteroatoms. The Morgan fingerprint density at radius 1 is 1.14 bits per heavy atom. The lowest BCUT2D eigenvalue weighted by atomic mass is 9.43. The van der Waals surface area contributed by atoms with Gasteiger partial charge in [-0.3, -0.25) is 9.59 Å². The minimum absolute atomic E-state index is 0.103. The predicted molar refractivity (Wildman–Crippen MR) is 115 cm³/mol. The largest absolute Gasteiger partial charge is 0.469 e. The van der Waals surface area contributed by atoms with E-state index in [2.05, 4.69) is 27.7 Å². The molecule has 4 rings (SSSR count). The Morgan fingerprint density at radius 2 is 1.90 bits per heavy atom. The van der Waals surface area contributed by atoms with Crippen LogP contribution in [-0.2, 0) is 14.3 Å². The van der Waals surface area contributed by atoms with Gasteiger partial charge in [0.1, 0.15) is 5.78 Å². The summed E-state index contributed by atoms with van der Waals surface area (Å²) in [5, 5.41) is 0. The normalized spacial score (nSPS) is 47.7. The zero-order valence-corrected chi connectivity index (χ0v) is 19.3. The van der Waals surface area contributed by atoms with Gasteiger partial charge in [-0.25, -0.2) is 0 Å². The van der Waals surface area contributed by atoms with Crippen LogP contribution in [-0.4, -0.2) is 18.9 Å². The van der Waals surface area contributed by atoms with E-state index in [1.807, 2.05) is 0 Å². The van der Waals surface area contributed by atoms with Gasteiger partial charge in [-0.2, -0.15) is 0 Å². The summed E-state index contributed by atoms with van der Waals surface area (Å²) in [5.74, 6) is 4.75. The average Bonchev–Trinajstić information content (AvgIpc) is 3.02. The summed E-state index contributed by atoms with van der Waals surface area (Å²) in [6.07, 6.45) is 11.2. The van der Waals surface area contributed by atoms with Gasteiger partial charge in [-0.15, -0.1) is 0 Å². The van der Waals surface area contributed by atoms with E-state index in [4.69, 9.17) is 4.74 Å². The number of hydrogen-bond donors (Lipinski definition) is 0. The molecule has 0 aromatic heterocycles. The second-order valence-corrected chi connectivity index (χ2v) is 11.8. The van der Waals surface area contributed by atoms with Crippen LogP contribution in [0.25, 0.3) is 0 Å². The fourth-order valence-electron chi connectivity index (χ4n) is 8.91. The van der Waals surface area contributed by atoms with Crippen molar-refractivity contribution in [1.82, 2.24) is 0 Å². The fraction of sp³-hybridized carbons (Fsp3) is 0.923. The summed E-state index contributed by atoms with van der Waals surface area (Å²) in [6, 6.07) is 0. The number of esters is 1. The Balaban J connectivity index is 1.54. The molecule has 164 valence electrons. The zero-order chi connectivity index (χ0) is 21.0. The minimum atomic E-state index is -0.103. The molecule has 4 aliphatic carbocycles. The molecule has 0 amide bonds. The van der Waals surface area contributed by atoms with Gasteiger partial charge in [0.05, 0.1) is 7.11 Å². The van der Waals surface area contributed by atoms with Crippen LogP contribution in [0.2, 0.25) is 0 Å². The highest BCUT2D eigenvalue weighted by Gasteiger charge is 2.63. The zero-order valence-electron chi connectivity index (χ0n) is 19.3. The maximum absolute atomic E-state index is 13.7. The van der Waals surface area contributed by atoms with Crippen molar-refractivity contribution < 1.29 is 14.3 Å². The summed E-state index contributed by atoms with van der Waals surface area (Å²) in [7, 11) is 1.47. The van der Waals surface area contributed by atoms with Crippen molar-refractivity contribution in [3.63, 3.8) is 0 Å². The number of Topliss-reactive ketones (excluding diaryl/α,β-unsaturated/α-hetero) is 1. The van der Waals surface area contributed by atoms with Crippen molar-refractivity contribution in [3.8, 4) is 0 Å². The number of carbonyl (C=O) groups is 2. The Bertz CT molecular complexity index is 656. The molecular formula is C26H42O3. The van der Waals surface area contributed by atoms with Crippen LogP contribution in [0, 0.1) is 52.3 Å². The quantitative estimate of drug-likeness (QED) is 0.538. The van der Waals surface area contributed by atoms with Crippen molar-refractivity contribution in [2.75, 3.05) is 7.11 Å². The lowest BCUT2D eigenvalue weighted by molar-refractivity contribution is -0.160. The molecule has 0 radical (unpaired) electrons. The van der Waals surface area contributed by atoms with E-state index in [0.717, 1.165) is 24.7 Å². The average molecular weight is 403 g/mol. The molecule has 9 atom stereocenters. The number of ether oxygens (including phenoxy) is 1. The smallest absolute Gasteiger partial charge is 0.305 e. The molecule has 3 nitrogen and oxygen atoms in total. The highest BCUT2D eigenvalue weighted by Crippen LogP contribution is 2.67. The van der Waals surface area contributed by atoms with E-state index >= 15 is 0 Å². The van der Waals surface area contributed by atoms with Crippen molar-refractivity contribution in [2.45, 2.75) is 91.9 Å². The van der Waals surface area contributed by atoms with E-state index in [1.54, 1.807) is 0 Å². The molecule has 29 heavy (non-hydrogen) atoms. The number of carbonyl (C=O) groups excluding carboxylic acids is 2. The monoisotopic (exact) mass is 402 g/mol. The van der Waals surface area contributed by atoms with E-state index in [-0.39, 0.29) is 16.8 Å². The SMILES string of the molecule is COC(=O)CC[C@@H](C)C1CCC2C3CC[C@@H]4C[C@@H](C)CC[C@]4(C)C3C(=O)C[C@@]21C. The van der Waals surface area contributed by atoms with Gasteiger partial charge in [0.2, 0.25) is 0 Å². The van der Waals surface area contributed by atoms with Crippen LogP contribution >= 0.6 is 0 Å². The summed E-state index contributed by atoms with van der Waals surface area (Å²) in [4.78, 5) is 25.4. The van der Waals surface area contributed by atoms with Crippen LogP contribution in [0.1, 0.15) is 91.9 Å². The Kier molecular flexibility index (Phi) is 5.66. The molecule has 0 aliphatic heterocycles. The molecule has 0 saturated heterocycles. The van der Waals surface area contributed by atoms with Crippen LogP contribution in [0.3, 0.4) is 0 Å². The molecule has 0 aromatic rings. The van der Waals surface area contributed by atoms with Gasteiger partial charge < -0.3 is 4.74 Å². The first-order valence-electron chi connectivity index (χ1n) is 12.3. The molecule has 0 heterocycles. The summed E-state index contributed by atoms with van der Waals surface area (Å²) >= 11 is 0. The van der Waals surface area contributed by atoms with Crippen molar-refractivity contribution in [3.05, 3.63) is 0 Å².